The third-order valence-electron chi connectivity index (χ3n) is 4.53. The Hall–Kier alpha value is -3.57. The molecule has 4 aromatic rings. The van der Waals surface area contributed by atoms with Gasteiger partial charge in [-0.25, -0.2) is 15.0 Å². The van der Waals surface area contributed by atoms with Crippen molar-refractivity contribution < 1.29 is 10.2 Å². The Labute approximate surface area is 169 Å². The van der Waals surface area contributed by atoms with E-state index < -0.39 is 6.10 Å². The number of hydrogen-bond donors (Lipinski definition) is 2. The van der Waals surface area contributed by atoms with E-state index >= 15 is 0 Å². The van der Waals surface area contributed by atoms with Crippen LogP contribution in [0, 0.1) is 0 Å². The van der Waals surface area contributed by atoms with Crippen molar-refractivity contribution in [3.63, 3.8) is 0 Å². The second-order valence-corrected chi connectivity index (χ2v) is 6.94. The van der Waals surface area contributed by atoms with Crippen LogP contribution in [-0.4, -0.2) is 31.3 Å². The summed E-state index contributed by atoms with van der Waals surface area (Å²) < 4.78 is 0. The van der Waals surface area contributed by atoms with Gasteiger partial charge in [0.2, 0.25) is 0 Å². The molecule has 0 bridgehead atoms. The number of phenolic OH excluding ortho intramolecular Hbond substituents is 1. The molecule has 1 atom stereocenters. The van der Waals surface area contributed by atoms with Gasteiger partial charge < -0.3 is 10.2 Å². The van der Waals surface area contributed by atoms with Crippen LogP contribution in [-0.2, 0) is 6.42 Å². The topological polar surface area (TPSA) is 79.1 Å². The van der Waals surface area contributed by atoms with Crippen LogP contribution in [0.1, 0.15) is 12.5 Å². The predicted molar refractivity (Wildman–Crippen MR) is 113 cm³/mol. The molecule has 0 fully saturated rings. The van der Waals surface area contributed by atoms with Crippen molar-refractivity contribution in [3.8, 4) is 39.9 Å². The largest absolute Gasteiger partial charge is 0.507 e. The van der Waals surface area contributed by atoms with Crippen molar-refractivity contribution in [2.24, 2.45) is 0 Å². The molecule has 144 valence electrons. The summed E-state index contributed by atoms with van der Waals surface area (Å²) in [5, 5.41) is 20.2. The number of aromatic nitrogens is 3. The van der Waals surface area contributed by atoms with Crippen LogP contribution < -0.4 is 0 Å². The van der Waals surface area contributed by atoms with Gasteiger partial charge in [-0.3, -0.25) is 0 Å². The van der Waals surface area contributed by atoms with Crippen molar-refractivity contribution in [1.82, 2.24) is 15.0 Å². The molecule has 0 saturated carbocycles. The first kappa shape index (κ1) is 18.8. The monoisotopic (exact) mass is 383 g/mol. The molecule has 0 aliphatic heterocycles. The smallest absolute Gasteiger partial charge is 0.167 e. The van der Waals surface area contributed by atoms with E-state index in [0.29, 0.717) is 29.5 Å². The van der Waals surface area contributed by atoms with E-state index in [4.69, 9.17) is 0 Å². The molecule has 0 amide bonds. The minimum Gasteiger partial charge on any atom is -0.507 e. The highest BCUT2D eigenvalue weighted by atomic mass is 16.3. The maximum absolute atomic E-state index is 10.6. The molecule has 0 saturated heterocycles. The number of hydrogen-bond acceptors (Lipinski definition) is 5. The van der Waals surface area contributed by atoms with Gasteiger partial charge >= 0.3 is 0 Å². The summed E-state index contributed by atoms with van der Waals surface area (Å²) in [4.78, 5) is 13.9. The zero-order valence-corrected chi connectivity index (χ0v) is 16.0. The lowest BCUT2D eigenvalue weighted by molar-refractivity contribution is 0.195. The van der Waals surface area contributed by atoms with Crippen LogP contribution in [0.2, 0.25) is 0 Å². The SMILES string of the molecule is CC(O)Cc1ccc(-c2nc(-c3ccccc3)nc(-c3ccccc3)n2)c(O)c1. The Kier molecular flexibility index (Phi) is 5.31. The molecule has 0 spiro atoms. The number of aliphatic hydroxyl groups excluding tert-OH is 1. The molecule has 3 aromatic carbocycles. The van der Waals surface area contributed by atoms with Crippen LogP contribution in [0.5, 0.6) is 5.75 Å². The number of aliphatic hydroxyl groups is 1. The molecule has 5 nitrogen and oxygen atoms in total. The summed E-state index contributed by atoms with van der Waals surface area (Å²) in [5.41, 5.74) is 3.12. The van der Waals surface area contributed by atoms with Gasteiger partial charge in [0.25, 0.3) is 0 Å². The van der Waals surface area contributed by atoms with Gasteiger partial charge in [-0.15, -0.1) is 0 Å². The van der Waals surface area contributed by atoms with Gasteiger partial charge in [-0.2, -0.15) is 0 Å². The Morgan fingerprint density at radius 3 is 1.72 bits per heavy atom. The second kappa shape index (κ2) is 8.20. The molecule has 1 heterocycles. The first-order chi connectivity index (χ1) is 14.1. The lowest BCUT2D eigenvalue weighted by atomic mass is 10.0. The van der Waals surface area contributed by atoms with Crippen LogP contribution >= 0.6 is 0 Å². The van der Waals surface area contributed by atoms with Crippen LogP contribution in [0.4, 0.5) is 0 Å². The molecule has 1 unspecified atom stereocenters. The fourth-order valence-electron chi connectivity index (χ4n) is 3.16. The van der Waals surface area contributed by atoms with Crippen LogP contribution in [0.25, 0.3) is 34.2 Å². The van der Waals surface area contributed by atoms with Crippen molar-refractivity contribution in [3.05, 3.63) is 84.4 Å². The third kappa shape index (κ3) is 4.31. The molecular formula is C24H21N3O2. The van der Waals surface area contributed by atoms with Gasteiger partial charge in [-0.05, 0) is 31.0 Å². The van der Waals surface area contributed by atoms with E-state index in [1.165, 1.54) is 0 Å². The first-order valence-corrected chi connectivity index (χ1v) is 9.47. The second-order valence-electron chi connectivity index (χ2n) is 6.94. The van der Waals surface area contributed by atoms with E-state index in [-0.39, 0.29) is 5.75 Å². The molecule has 29 heavy (non-hydrogen) atoms. The molecular weight excluding hydrogens is 362 g/mol. The number of aromatic hydroxyl groups is 1. The number of benzene rings is 3. The Bertz CT molecular complexity index is 1060. The van der Waals surface area contributed by atoms with Crippen molar-refractivity contribution >= 4 is 0 Å². The van der Waals surface area contributed by atoms with E-state index in [0.717, 1.165) is 16.7 Å². The van der Waals surface area contributed by atoms with Crippen LogP contribution in [0.3, 0.4) is 0 Å². The van der Waals surface area contributed by atoms with Gasteiger partial charge in [0.15, 0.2) is 17.5 Å². The lowest BCUT2D eigenvalue weighted by Crippen LogP contribution is -2.04. The van der Waals surface area contributed by atoms with E-state index in [2.05, 4.69) is 15.0 Å². The minimum absolute atomic E-state index is 0.0763. The predicted octanol–water partition coefficient (Wildman–Crippen LogP) is 4.50. The maximum atomic E-state index is 10.6. The summed E-state index contributed by atoms with van der Waals surface area (Å²) in [7, 11) is 0. The Balaban J connectivity index is 1.85. The van der Waals surface area contributed by atoms with Gasteiger partial charge in [0.1, 0.15) is 5.75 Å². The average molecular weight is 383 g/mol. The quantitative estimate of drug-likeness (QED) is 0.530. The van der Waals surface area contributed by atoms with E-state index in [9.17, 15) is 10.2 Å². The Morgan fingerprint density at radius 1 is 0.724 bits per heavy atom. The van der Waals surface area contributed by atoms with Crippen molar-refractivity contribution in [1.29, 1.82) is 0 Å². The molecule has 4 rings (SSSR count). The fraction of sp³-hybridized carbons (Fsp3) is 0.125. The molecule has 2 N–H and O–H groups in total. The van der Waals surface area contributed by atoms with E-state index in [1.54, 1.807) is 19.1 Å². The zero-order chi connectivity index (χ0) is 20.2. The summed E-state index contributed by atoms with van der Waals surface area (Å²) in [5.74, 6) is 1.56. The highest BCUT2D eigenvalue weighted by Gasteiger charge is 2.15. The lowest BCUT2D eigenvalue weighted by Gasteiger charge is -2.11. The molecule has 0 aliphatic carbocycles. The molecule has 1 aromatic heterocycles. The zero-order valence-electron chi connectivity index (χ0n) is 16.0. The normalized spacial score (nSPS) is 11.9. The standard InChI is InChI=1S/C24H21N3O2/c1-16(28)14-17-12-13-20(21(29)15-17)24-26-22(18-8-4-2-5-9-18)25-23(27-24)19-10-6-3-7-11-19/h2-13,15-16,28-29H,14H2,1H3. The number of rotatable bonds is 5. The average Bonchev–Trinajstić information content (AvgIpc) is 2.74. The Morgan fingerprint density at radius 2 is 1.24 bits per heavy atom. The molecule has 5 heteroatoms. The summed E-state index contributed by atoms with van der Waals surface area (Å²) in [6.45, 7) is 1.72. The summed E-state index contributed by atoms with van der Waals surface area (Å²) in [6, 6.07) is 24.7. The highest BCUT2D eigenvalue weighted by molar-refractivity contribution is 5.69. The molecule has 0 aliphatic rings. The highest BCUT2D eigenvalue weighted by Crippen LogP contribution is 2.30. The van der Waals surface area contributed by atoms with Crippen LogP contribution in [0.15, 0.2) is 78.9 Å². The molecule has 0 radical (unpaired) electrons. The van der Waals surface area contributed by atoms with Crippen molar-refractivity contribution in [2.75, 3.05) is 0 Å². The first-order valence-electron chi connectivity index (χ1n) is 9.47. The maximum Gasteiger partial charge on any atom is 0.167 e. The number of phenols is 1. The van der Waals surface area contributed by atoms with Crippen molar-refractivity contribution in [2.45, 2.75) is 19.4 Å². The third-order valence-corrected chi connectivity index (χ3v) is 4.53. The fourth-order valence-corrected chi connectivity index (χ4v) is 3.16. The summed E-state index contributed by atoms with van der Waals surface area (Å²) >= 11 is 0. The summed E-state index contributed by atoms with van der Waals surface area (Å²) in [6.07, 6.45) is -0.0120. The number of nitrogens with zero attached hydrogens (tertiary/aromatic N) is 3. The van der Waals surface area contributed by atoms with E-state index in [1.807, 2.05) is 66.7 Å². The van der Waals surface area contributed by atoms with Gasteiger partial charge in [-0.1, -0.05) is 66.7 Å². The van der Waals surface area contributed by atoms with Gasteiger partial charge in [0, 0.05) is 11.1 Å². The van der Waals surface area contributed by atoms with Gasteiger partial charge in [0.05, 0.1) is 11.7 Å². The minimum atomic E-state index is -0.480.